The normalized spacial score (nSPS) is 3.07. The molecule has 0 saturated carbocycles. The molecule has 0 fully saturated rings. The minimum atomic E-state index is 0. The summed E-state index contributed by atoms with van der Waals surface area (Å²) >= 11 is 5.30. The van der Waals surface area contributed by atoms with Gasteiger partial charge in [-0.05, 0) is 0 Å². The minimum Gasteiger partial charge on any atom is -0.358 e. The van der Waals surface area contributed by atoms with E-state index in [1.165, 1.54) is 0 Å². The Labute approximate surface area is 160 Å². The van der Waals surface area contributed by atoms with Crippen LogP contribution in [-0.2, 0) is 42.1 Å². The molecule has 0 aromatic carbocycles. The first-order valence-electron chi connectivity index (χ1n) is 3.41. The van der Waals surface area contributed by atoms with Crippen molar-refractivity contribution in [2.75, 3.05) is 0 Å². The average Bonchev–Trinajstić information content (AvgIpc) is 2.18. The van der Waals surface area contributed by atoms with E-state index in [-0.39, 0.29) is 57.0 Å². The zero-order chi connectivity index (χ0) is 10.7. The van der Waals surface area contributed by atoms with Crippen molar-refractivity contribution in [2.24, 2.45) is 0 Å². The van der Waals surface area contributed by atoms with Crippen molar-refractivity contribution in [1.29, 1.82) is 0 Å². The predicted octanol–water partition coefficient (Wildman–Crippen LogP) is 3.40. The molecular formula is C10H28I3W2-. The molecule has 0 nitrogen and oxygen atoms in total. The Kier molecular flexibility index (Phi) is 965. The molecule has 0 bridgehead atoms. The summed E-state index contributed by atoms with van der Waals surface area (Å²) in [6, 6.07) is 0. The summed E-state index contributed by atoms with van der Waals surface area (Å²) < 4.78 is 0. The number of hydrogen-bond acceptors (Lipinski definition) is 0. The van der Waals surface area contributed by atoms with E-state index in [9.17, 15) is 0 Å². The second-order valence-corrected chi connectivity index (χ2v) is 16.3. The van der Waals surface area contributed by atoms with Crippen LogP contribution >= 0.6 is 37.2 Å². The summed E-state index contributed by atoms with van der Waals surface area (Å²) in [5.41, 5.74) is 0. The molecule has 0 aliphatic rings. The van der Waals surface area contributed by atoms with Crippen LogP contribution in [0.3, 0.4) is 0 Å². The minimum absolute atomic E-state index is 0. The van der Waals surface area contributed by atoms with Crippen LogP contribution in [0.4, 0.5) is 0 Å². The Hall–Kier alpha value is 3.57. The molecule has 0 atom stereocenters. The quantitative estimate of drug-likeness (QED) is 0.259. The van der Waals surface area contributed by atoms with Crippen molar-refractivity contribution < 1.29 is 55.4 Å². The van der Waals surface area contributed by atoms with Crippen LogP contribution in [0.25, 0.3) is 0 Å². The number of rotatable bonds is 0. The number of hydrogen-bond donors (Lipinski definition) is 0. The topological polar surface area (TPSA) is 0 Å². The van der Waals surface area contributed by atoms with E-state index >= 15 is 0 Å². The van der Waals surface area contributed by atoms with Crippen molar-refractivity contribution in [3.8, 4) is 0 Å². The molecule has 15 heavy (non-hydrogen) atoms. The van der Waals surface area contributed by atoms with Crippen LogP contribution in [0.2, 0.25) is 0 Å². The fourth-order valence-corrected chi connectivity index (χ4v) is 0. The van der Waals surface area contributed by atoms with Gasteiger partial charge in [0.25, 0.3) is 0 Å². The first-order valence-corrected chi connectivity index (χ1v) is 16.0. The van der Waals surface area contributed by atoms with Gasteiger partial charge in [-0.15, -0.1) is 0 Å². The monoisotopic (exact) mass is 897 g/mol. The Morgan fingerprint density at radius 2 is 0.733 bits per heavy atom. The van der Waals surface area contributed by atoms with Crippen LogP contribution < -0.4 is 13.3 Å². The maximum atomic E-state index is 3.25. The van der Waals surface area contributed by atoms with Gasteiger partial charge in [0.15, 0.2) is 0 Å². The molecule has 0 radical (unpaired) electrons. The molecule has 0 aliphatic heterocycles. The molecule has 5 heteroatoms. The molecule has 0 spiro atoms. The molecule has 0 unspecified atom stereocenters. The zero-order valence-corrected chi connectivity index (χ0v) is 22.4. The molecule has 102 valence electrons. The summed E-state index contributed by atoms with van der Waals surface area (Å²) in [5.74, 6) is 0. The summed E-state index contributed by atoms with van der Waals surface area (Å²) in [7, 11) is 0. The van der Waals surface area contributed by atoms with Gasteiger partial charge in [0, 0.05) is 0 Å². The van der Waals surface area contributed by atoms with Crippen LogP contribution in [0.1, 0.15) is 42.0 Å². The van der Waals surface area contributed by atoms with E-state index in [1.807, 2.05) is 13.8 Å². The summed E-state index contributed by atoms with van der Waals surface area (Å²) in [5, 5.41) is 0. The van der Waals surface area contributed by atoms with Crippen LogP contribution in [-0.4, -0.2) is 0 Å². The van der Waals surface area contributed by atoms with Crippen LogP contribution in [0.15, 0.2) is 0 Å². The largest absolute Gasteiger partial charge is 2.00 e. The second kappa shape index (κ2) is 231. The fourth-order valence-electron chi connectivity index (χ4n) is 0. The van der Waals surface area contributed by atoms with E-state index in [0.717, 1.165) is 0 Å². The maximum Gasteiger partial charge on any atom is 2.00 e. The van der Waals surface area contributed by atoms with Gasteiger partial charge < -0.3 is 28.2 Å². The molecule has 0 N–H and O–H groups in total. The summed E-state index contributed by atoms with van der Waals surface area (Å²) in [4.78, 5) is 0. The van der Waals surface area contributed by atoms with Crippen molar-refractivity contribution in [1.82, 2.24) is 0 Å². The van der Waals surface area contributed by atoms with E-state index < -0.39 is 0 Å². The SMILES string of the molecule is C.CC.I[I-]I.[CH2-]C.[CH2-]C.[CH2-]C.[CH3-].[W+2].[W+2]. The van der Waals surface area contributed by atoms with E-state index in [4.69, 9.17) is 0 Å². The van der Waals surface area contributed by atoms with Crippen molar-refractivity contribution >= 4 is 37.2 Å². The third kappa shape index (κ3) is 335. The van der Waals surface area contributed by atoms with Gasteiger partial charge in [0.1, 0.15) is 0 Å². The van der Waals surface area contributed by atoms with Gasteiger partial charge in [-0.25, -0.2) is 0 Å². The Morgan fingerprint density at radius 1 is 0.733 bits per heavy atom. The molecule has 0 heterocycles. The van der Waals surface area contributed by atoms with Crippen LogP contribution in [0, 0.1) is 28.2 Å². The van der Waals surface area contributed by atoms with E-state index in [2.05, 4.69) is 58.0 Å². The predicted molar refractivity (Wildman–Crippen MR) is 85.6 cm³/mol. The standard InChI is InChI=1S/C2H6.3C2H5.CH4.CH3.I3.2W/c4*1-2;;;1-3-2;;/h1-2H3;3*1H2,2H3;1H4;1H3;;;/q;3*-1;;2*-1;2*+2. The summed E-state index contributed by atoms with van der Waals surface area (Å²) in [6.07, 6.45) is 0. The first kappa shape index (κ1) is 62.6. The number of halogens is 3. The van der Waals surface area contributed by atoms with Gasteiger partial charge in [-0.2, -0.15) is 20.8 Å². The molecule has 0 rings (SSSR count). The van der Waals surface area contributed by atoms with Crippen molar-refractivity contribution in [3.63, 3.8) is 0 Å². The van der Waals surface area contributed by atoms with Crippen molar-refractivity contribution in [2.45, 2.75) is 42.0 Å². The maximum absolute atomic E-state index is 3.25. The van der Waals surface area contributed by atoms with Crippen molar-refractivity contribution in [3.05, 3.63) is 28.2 Å². The average molecular weight is 897 g/mol. The zero-order valence-electron chi connectivity index (χ0n) is 10.1. The Bertz CT molecular complexity index is 18.6. The molecule has 0 aromatic heterocycles. The molecule has 0 amide bonds. The first-order chi connectivity index (χ1) is 5.41. The molecule has 0 aliphatic carbocycles. The van der Waals surface area contributed by atoms with Crippen LogP contribution in [0.5, 0.6) is 0 Å². The van der Waals surface area contributed by atoms with Gasteiger partial charge >= 0.3 is 92.6 Å². The fraction of sp³-hybridized carbons (Fsp3) is 0.600. The summed E-state index contributed by atoms with van der Waals surface area (Å²) in [6.45, 7) is 19.0. The molecule has 0 saturated heterocycles. The second-order valence-electron chi connectivity index (χ2n) is 0.0540. The van der Waals surface area contributed by atoms with E-state index in [0.29, 0.717) is 13.3 Å². The van der Waals surface area contributed by atoms with E-state index in [1.54, 1.807) is 20.8 Å². The third-order valence-electron chi connectivity index (χ3n) is 0. The van der Waals surface area contributed by atoms with Gasteiger partial charge in [-0.3, -0.25) is 0 Å². The molecule has 0 aromatic rings. The molecular weight excluding hydrogens is 869 g/mol. The smallest absolute Gasteiger partial charge is 0.358 e. The van der Waals surface area contributed by atoms with Gasteiger partial charge in [-0.1, -0.05) is 21.3 Å². The van der Waals surface area contributed by atoms with Gasteiger partial charge in [0.05, 0.1) is 0 Å². The Balaban J connectivity index is -0.00000000407. The third-order valence-corrected chi connectivity index (χ3v) is 0. The van der Waals surface area contributed by atoms with Gasteiger partial charge in [0.2, 0.25) is 0 Å². The Morgan fingerprint density at radius 3 is 0.733 bits per heavy atom.